The van der Waals surface area contributed by atoms with Crippen LogP contribution in [0.15, 0.2) is 18.2 Å². The van der Waals surface area contributed by atoms with E-state index in [1.54, 1.807) is 11.1 Å². The van der Waals surface area contributed by atoms with Crippen LogP contribution in [0.5, 0.6) is 0 Å². The molecule has 92 valence electrons. The van der Waals surface area contributed by atoms with Crippen LogP contribution in [0.4, 0.5) is 0 Å². The molecule has 1 saturated heterocycles. The monoisotopic (exact) mass is 230 g/mol. The standard InChI is InChI=1S/C15H22N2/c16-10-14-5-2-8-17-15(14)13-7-6-11-3-1-4-12(11)9-13/h6-7,9,14-15,17H,1-5,8,10,16H2/t14-,15-/m1/s1. The van der Waals surface area contributed by atoms with Gasteiger partial charge in [0.1, 0.15) is 0 Å². The molecule has 3 N–H and O–H groups in total. The Morgan fingerprint density at radius 3 is 2.94 bits per heavy atom. The Hall–Kier alpha value is -0.860. The highest BCUT2D eigenvalue weighted by molar-refractivity contribution is 5.37. The minimum atomic E-state index is 0.486. The molecule has 1 heterocycles. The minimum Gasteiger partial charge on any atom is -0.330 e. The SMILES string of the molecule is NC[C@H]1CCCN[C@@H]1c1ccc2c(c1)CCC2. The zero-order valence-corrected chi connectivity index (χ0v) is 10.4. The van der Waals surface area contributed by atoms with E-state index in [1.807, 2.05) is 0 Å². The van der Waals surface area contributed by atoms with Gasteiger partial charge in [0.15, 0.2) is 0 Å². The van der Waals surface area contributed by atoms with Crippen molar-refractivity contribution in [1.82, 2.24) is 5.32 Å². The van der Waals surface area contributed by atoms with Gasteiger partial charge in [-0.2, -0.15) is 0 Å². The van der Waals surface area contributed by atoms with Crippen LogP contribution in [0.3, 0.4) is 0 Å². The first kappa shape index (κ1) is 11.2. The van der Waals surface area contributed by atoms with Crippen LogP contribution in [0, 0.1) is 5.92 Å². The summed E-state index contributed by atoms with van der Waals surface area (Å²) in [6.07, 6.45) is 6.41. The highest BCUT2D eigenvalue weighted by Gasteiger charge is 2.25. The topological polar surface area (TPSA) is 38.0 Å². The van der Waals surface area contributed by atoms with Gasteiger partial charge in [-0.25, -0.2) is 0 Å². The molecule has 2 nitrogen and oxygen atoms in total. The summed E-state index contributed by atoms with van der Waals surface area (Å²) in [5, 5.41) is 3.65. The van der Waals surface area contributed by atoms with E-state index in [4.69, 9.17) is 5.73 Å². The molecular weight excluding hydrogens is 208 g/mol. The fraction of sp³-hybridized carbons (Fsp3) is 0.600. The minimum absolute atomic E-state index is 0.486. The maximum atomic E-state index is 5.90. The van der Waals surface area contributed by atoms with Crippen molar-refractivity contribution in [2.75, 3.05) is 13.1 Å². The van der Waals surface area contributed by atoms with Crippen LogP contribution < -0.4 is 11.1 Å². The third kappa shape index (κ3) is 2.12. The van der Waals surface area contributed by atoms with Crippen molar-refractivity contribution in [1.29, 1.82) is 0 Å². The molecule has 1 aliphatic carbocycles. The largest absolute Gasteiger partial charge is 0.330 e. The number of hydrogen-bond acceptors (Lipinski definition) is 2. The summed E-state index contributed by atoms with van der Waals surface area (Å²) in [5.74, 6) is 0.614. The van der Waals surface area contributed by atoms with Gasteiger partial charge in [0.05, 0.1) is 0 Å². The number of nitrogens with one attached hydrogen (secondary N) is 1. The van der Waals surface area contributed by atoms with E-state index < -0.39 is 0 Å². The van der Waals surface area contributed by atoms with Crippen LogP contribution in [-0.4, -0.2) is 13.1 Å². The Kier molecular flexibility index (Phi) is 3.17. The van der Waals surface area contributed by atoms with Crippen LogP contribution in [0.25, 0.3) is 0 Å². The van der Waals surface area contributed by atoms with Gasteiger partial charge in [-0.3, -0.25) is 0 Å². The second-order valence-electron chi connectivity index (χ2n) is 5.45. The molecule has 2 atom stereocenters. The first-order valence-electron chi connectivity index (χ1n) is 6.93. The molecule has 3 rings (SSSR count). The maximum absolute atomic E-state index is 5.90. The molecule has 1 aliphatic heterocycles. The number of aryl methyl sites for hydroxylation is 2. The highest BCUT2D eigenvalue weighted by Crippen LogP contribution is 2.31. The zero-order chi connectivity index (χ0) is 11.7. The fourth-order valence-electron chi connectivity index (χ4n) is 3.38. The molecule has 0 bridgehead atoms. The number of hydrogen-bond donors (Lipinski definition) is 2. The van der Waals surface area contributed by atoms with E-state index in [0.717, 1.165) is 13.1 Å². The Morgan fingerprint density at radius 2 is 2.06 bits per heavy atom. The van der Waals surface area contributed by atoms with Gasteiger partial charge >= 0.3 is 0 Å². The maximum Gasteiger partial charge on any atom is 0.0360 e. The van der Waals surface area contributed by atoms with Crippen LogP contribution in [0.2, 0.25) is 0 Å². The molecule has 2 aliphatic rings. The zero-order valence-electron chi connectivity index (χ0n) is 10.4. The molecule has 1 fully saturated rings. The summed E-state index contributed by atoms with van der Waals surface area (Å²) >= 11 is 0. The molecule has 0 radical (unpaired) electrons. The van der Waals surface area contributed by atoms with E-state index in [2.05, 4.69) is 23.5 Å². The van der Waals surface area contributed by atoms with E-state index >= 15 is 0 Å². The van der Waals surface area contributed by atoms with E-state index in [0.29, 0.717) is 12.0 Å². The second kappa shape index (κ2) is 4.79. The van der Waals surface area contributed by atoms with Crippen molar-refractivity contribution in [3.8, 4) is 0 Å². The van der Waals surface area contributed by atoms with Crippen molar-refractivity contribution in [3.05, 3.63) is 34.9 Å². The van der Waals surface area contributed by atoms with Gasteiger partial charge in [-0.15, -0.1) is 0 Å². The highest BCUT2D eigenvalue weighted by atomic mass is 14.9. The normalized spacial score (nSPS) is 28.1. The van der Waals surface area contributed by atoms with E-state index in [-0.39, 0.29) is 0 Å². The predicted molar refractivity (Wildman–Crippen MR) is 71.0 cm³/mol. The van der Waals surface area contributed by atoms with E-state index in [9.17, 15) is 0 Å². The van der Waals surface area contributed by atoms with Crippen molar-refractivity contribution in [2.45, 2.75) is 38.1 Å². The average Bonchev–Trinajstić information content (AvgIpc) is 2.85. The number of piperidine rings is 1. The van der Waals surface area contributed by atoms with Gasteiger partial charge in [-0.05, 0) is 67.8 Å². The van der Waals surface area contributed by atoms with Gasteiger partial charge in [0.2, 0.25) is 0 Å². The lowest BCUT2D eigenvalue weighted by Crippen LogP contribution is -2.37. The molecule has 2 heteroatoms. The number of nitrogens with two attached hydrogens (primary N) is 1. The summed E-state index contributed by atoms with van der Waals surface area (Å²) in [6, 6.07) is 7.56. The quantitative estimate of drug-likeness (QED) is 0.817. The third-order valence-electron chi connectivity index (χ3n) is 4.37. The second-order valence-corrected chi connectivity index (χ2v) is 5.45. The van der Waals surface area contributed by atoms with Crippen molar-refractivity contribution < 1.29 is 0 Å². The lowest BCUT2D eigenvalue weighted by molar-refractivity contribution is 0.291. The number of rotatable bonds is 2. The Balaban J connectivity index is 1.87. The smallest absolute Gasteiger partial charge is 0.0360 e. The Labute approximate surface area is 104 Å². The van der Waals surface area contributed by atoms with Gasteiger partial charge < -0.3 is 11.1 Å². The lowest BCUT2D eigenvalue weighted by atomic mass is 9.85. The van der Waals surface area contributed by atoms with Crippen LogP contribution >= 0.6 is 0 Å². The van der Waals surface area contributed by atoms with Gasteiger partial charge in [0.25, 0.3) is 0 Å². The molecule has 17 heavy (non-hydrogen) atoms. The van der Waals surface area contributed by atoms with Crippen molar-refractivity contribution in [3.63, 3.8) is 0 Å². The van der Waals surface area contributed by atoms with Gasteiger partial charge in [-0.1, -0.05) is 18.2 Å². The molecule has 0 amide bonds. The average molecular weight is 230 g/mol. The predicted octanol–water partition coefficient (Wildman–Crippen LogP) is 2.17. The summed E-state index contributed by atoms with van der Waals surface area (Å²) in [7, 11) is 0. The molecule has 0 aromatic heterocycles. The molecular formula is C15H22N2. The Morgan fingerprint density at radius 1 is 1.18 bits per heavy atom. The summed E-state index contributed by atoms with van der Waals surface area (Å²) in [5.41, 5.74) is 10.5. The number of fused-ring (bicyclic) bond motifs is 1. The molecule has 0 spiro atoms. The van der Waals surface area contributed by atoms with Crippen molar-refractivity contribution in [2.24, 2.45) is 11.7 Å². The first-order valence-corrected chi connectivity index (χ1v) is 6.93. The number of benzene rings is 1. The molecule has 1 aromatic carbocycles. The van der Waals surface area contributed by atoms with Gasteiger partial charge in [0, 0.05) is 6.04 Å². The molecule has 0 saturated carbocycles. The molecule has 0 unspecified atom stereocenters. The third-order valence-corrected chi connectivity index (χ3v) is 4.37. The summed E-state index contributed by atoms with van der Waals surface area (Å²) < 4.78 is 0. The van der Waals surface area contributed by atoms with E-state index in [1.165, 1.54) is 37.7 Å². The Bertz CT molecular complexity index is 400. The fourth-order valence-corrected chi connectivity index (χ4v) is 3.38. The summed E-state index contributed by atoms with van der Waals surface area (Å²) in [4.78, 5) is 0. The van der Waals surface area contributed by atoms with Crippen molar-refractivity contribution >= 4 is 0 Å². The van der Waals surface area contributed by atoms with Crippen LogP contribution in [-0.2, 0) is 12.8 Å². The lowest BCUT2D eigenvalue weighted by Gasteiger charge is -2.32. The van der Waals surface area contributed by atoms with Crippen LogP contribution in [0.1, 0.15) is 42.0 Å². The molecule has 1 aromatic rings. The first-order chi connectivity index (χ1) is 8.38. The summed E-state index contributed by atoms with van der Waals surface area (Å²) in [6.45, 7) is 1.94.